The molecule has 3 aliphatic rings. The van der Waals surface area contributed by atoms with Crippen molar-refractivity contribution < 1.29 is 5.11 Å². The Morgan fingerprint density at radius 1 is 1.24 bits per heavy atom. The summed E-state index contributed by atoms with van der Waals surface area (Å²) >= 11 is 1.37. The number of phenolic OH excluding ortho intramolecular Hbond substituents is 1. The third kappa shape index (κ3) is 4.01. The average Bonchev–Trinajstić information content (AvgIpc) is 3.53. The van der Waals surface area contributed by atoms with Gasteiger partial charge in [-0.05, 0) is 57.6 Å². The molecule has 0 radical (unpaired) electrons. The summed E-state index contributed by atoms with van der Waals surface area (Å²) in [7, 11) is 0. The monoisotopic (exact) mass is 473 g/mol. The van der Waals surface area contributed by atoms with Gasteiger partial charge in [0, 0.05) is 34.6 Å². The zero-order chi connectivity index (χ0) is 23.3. The van der Waals surface area contributed by atoms with Crippen LogP contribution in [0.25, 0.3) is 22.0 Å². The molecule has 34 heavy (non-hydrogen) atoms. The third-order valence-electron chi connectivity index (χ3n) is 7.33. The Labute approximate surface area is 202 Å². The minimum Gasteiger partial charge on any atom is -0.507 e. The number of benzene rings is 1. The molecule has 8 nitrogen and oxygen atoms in total. The molecule has 0 unspecified atom stereocenters. The van der Waals surface area contributed by atoms with Crippen molar-refractivity contribution in [2.45, 2.75) is 75.5 Å². The molecule has 174 valence electrons. The number of piperidine rings is 2. The molecule has 3 fully saturated rings. The van der Waals surface area contributed by atoms with Crippen LogP contribution in [0.2, 0.25) is 0 Å². The molecule has 2 N–H and O–H groups in total. The van der Waals surface area contributed by atoms with Gasteiger partial charge < -0.3 is 15.3 Å². The average molecular weight is 474 g/mol. The Kier molecular flexibility index (Phi) is 5.23. The number of fused-ring (bicyclic) bond motifs is 2. The number of rotatable bonds is 5. The zero-order valence-corrected chi connectivity index (χ0v) is 19.9. The van der Waals surface area contributed by atoms with Gasteiger partial charge in [-0.25, -0.2) is 9.97 Å². The number of thiazole rings is 1. The second-order valence-electron chi connectivity index (χ2n) is 10.0. The van der Waals surface area contributed by atoms with Crippen LogP contribution in [0.1, 0.15) is 57.6 Å². The van der Waals surface area contributed by atoms with Crippen LogP contribution >= 0.6 is 11.3 Å². The van der Waals surface area contributed by atoms with Crippen LogP contribution in [0, 0.1) is 11.3 Å². The maximum atomic E-state index is 10.7. The molecule has 2 bridgehead atoms. The number of nitriles is 1. The zero-order valence-electron chi connectivity index (χ0n) is 19.1. The predicted octanol–water partition coefficient (Wildman–Crippen LogP) is 4.27. The number of aromatic nitrogens is 4. The van der Waals surface area contributed by atoms with Crippen molar-refractivity contribution >= 4 is 17.2 Å². The van der Waals surface area contributed by atoms with E-state index in [1.54, 1.807) is 17.5 Å². The lowest BCUT2D eigenvalue weighted by atomic mass is 9.75. The van der Waals surface area contributed by atoms with E-state index in [1.165, 1.54) is 43.4 Å². The Hall–Kier alpha value is -3.09. The van der Waals surface area contributed by atoms with Crippen molar-refractivity contribution in [3.05, 3.63) is 35.5 Å². The molecular weight excluding hydrogens is 446 g/mol. The first-order chi connectivity index (χ1) is 16.5. The Morgan fingerprint density at radius 2 is 2.12 bits per heavy atom. The standard InChI is InChI=1S/C25H27N7OS/c1-25-8-2-3-16(29-25)10-19(11-25)32(18-5-6-18)22-13-27-23(31-30-22)20-7-4-15(9-21(20)33)24-28-17(12-26)14-34-24/h4,7,9,13-14,16,18-19,29,33H,2-3,5-6,8,10-11H2,1H3/t16-,19-,25+/m0/s1. The van der Waals surface area contributed by atoms with E-state index in [2.05, 4.69) is 37.3 Å². The second kappa shape index (κ2) is 8.29. The van der Waals surface area contributed by atoms with E-state index < -0.39 is 0 Å². The third-order valence-corrected chi connectivity index (χ3v) is 8.22. The van der Waals surface area contributed by atoms with Gasteiger partial charge in [0.1, 0.15) is 16.8 Å². The lowest BCUT2D eigenvalue weighted by Crippen LogP contribution is -2.61. The first kappa shape index (κ1) is 21.4. The minimum absolute atomic E-state index is 0.0684. The summed E-state index contributed by atoms with van der Waals surface area (Å²) < 4.78 is 0. The molecule has 2 aromatic heterocycles. The van der Waals surface area contributed by atoms with Gasteiger partial charge in [-0.1, -0.05) is 12.5 Å². The first-order valence-electron chi connectivity index (χ1n) is 12.0. The van der Waals surface area contributed by atoms with Crippen LogP contribution in [0.5, 0.6) is 5.75 Å². The van der Waals surface area contributed by atoms with E-state index in [0.29, 0.717) is 40.2 Å². The highest BCUT2D eigenvalue weighted by Crippen LogP contribution is 2.41. The van der Waals surface area contributed by atoms with Crippen molar-refractivity contribution in [2.24, 2.45) is 0 Å². The Bertz CT molecular complexity index is 1250. The van der Waals surface area contributed by atoms with Crippen LogP contribution < -0.4 is 10.2 Å². The molecule has 1 aromatic carbocycles. The number of nitrogens with zero attached hydrogens (tertiary/aromatic N) is 6. The number of anilines is 1. The summed E-state index contributed by atoms with van der Waals surface area (Å²) in [6.07, 6.45) is 10.3. The van der Waals surface area contributed by atoms with Gasteiger partial charge in [-0.15, -0.1) is 21.5 Å². The van der Waals surface area contributed by atoms with Crippen molar-refractivity contribution in [3.8, 4) is 33.8 Å². The lowest BCUT2D eigenvalue weighted by Gasteiger charge is -2.50. The topological polar surface area (TPSA) is 111 Å². The van der Waals surface area contributed by atoms with Crippen molar-refractivity contribution in [1.82, 2.24) is 25.5 Å². The molecule has 0 spiro atoms. The molecule has 3 aromatic rings. The smallest absolute Gasteiger partial charge is 0.185 e. The highest BCUT2D eigenvalue weighted by atomic mass is 32.1. The SMILES string of the molecule is C[C@@]12CCC[C@@H](C[C@H](N(c3cnc(-c4ccc(-c5nc(C#N)cs5)cc4O)nn3)C3CC3)C1)N2. The molecular formula is C25H27N7OS. The van der Waals surface area contributed by atoms with E-state index in [1.807, 2.05) is 18.3 Å². The molecule has 1 saturated carbocycles. The van der Waals surface area contributed by atoms with Gasteiger partial charge in [-0.2, -0.15) is 5.26 Å². The number of nitrogens with one attached hydrogen (secondary N) is 1. The number of phenols is 1. The van der Waals surface area contributed by atoms with Gasteiger partial charge >= 0.3 is 0 Å². The summed E-state index contributed by atoms with van der Waals surface area (Å²) in [6.45, 7) is 2.36. The number of aromatic hydroxyl groups is 1. The van der Waals surface area contributed by atoms with Gasteiger partial charge in [0.05, 0.1) is 11.8 Å². The van der Waals surface area contributed by atoms with E-state index in [0.717, 1.165) is 24.2 Å². The van der Waals surface area contributed by atoms with Gasteiger partial charge in [-0.3, -0.25) is 0 Å². The number of hydrogen-bond donors (Lipinski definition) is 2. The largest absolute Gasteiger partial charge is 0.507 e. The van der Waals surface area contributed by atoms with Crippen molar-refractivity contribution in [2.75, 3.05) is 4.90 Å². The second-order valence-corrected chi connectivity index (χ2v) is 10.9. The molecule has 3 atom stereocenters. The van der Waals surface area contributed by atoms with Crippen LogP contribution in [0.15, 0.2) is 29.8 Å². The summed E-state index contributed by atoms with van der Waals surface area (Å²) in [4.78, 5) is 11.3. The minimum atomic E-state index is 0.0684. The maximum Gasteiger partial charge on any atom is 0.185 e. The maximum absolute atomic E-state index is 10.7. The summed E-state index contributed by atoms with van der Waals surface area (Å²) in [5, 5.41) is 34.9. The summed E-state index contributed by atoms with van der Waals surface area (Å²) in [6, 6.07) is 8.87. The van der Waals surface area contributed by atoms with E-state index in [4.69, 9.17) is 5.26 Å². The van der Waals surface area contributed by atoms with Crippen LogP contribution in [0.4, 0.5) is 5.82 Å². The predicted molar refractivity (Wildman–Crippen MR) is 130 cm³/mol. The fraction of sp³-hybridized carbons (Fsp3) is 0.480. The quantitative estimate of drug-likeness (QED) is 0.565. The number of hydrogen-bond acceptors (Lipinski definition) is 9. The highest BCUT2D eigenvalue weighted by Gasteiger charge is 2.45. The van der Waals surface area contributed by atoms with Crippen molar-refractivity contribution in [1.29, 1.82) is 5.26 Å². The first-order valence-corrected chi connectivity index (χ1v) is 12.8. The van der Waals surface area contributed by atoms with Crippen LogP contribution in [-0.4, -0.2) is 48.9 Å². The normalized spacial score (nSPS) is 26.1. The molecule has 9 heteroatoms. The van der Waals surface area contributed by atoms with Gasteiger partial charge in [0.25, 0.3) is 0 Å². The molecule has 6 rings (SSSR count). The molecule has 1 aliphatic carbocycles. The van der Waals surface area contributed by atoms with Gasteiger partial charge in [0.15, 0.2) is 17.3 Å². The van der Waals surface area contributed by atoms with Crippen LogP contribution in [-0.2, 0) is 0 Å². The fourth-order valence-electron chi connectivity index (χ4n) is 5.70. The molecule has 4 heterocycles. The van der Waals surface area contributed by atoms with E-state index in [9.17, 15) is 5.11 Å². The molecule has 0 amide bonds. The Morgan fingerprint density at radius 3 is 2.79 bits per heavy atom. The Balaban J connectivity index is 1.25. The summed E-state index contributed by atoms with van der Waals surface area (Å²) in [5.41, 5.74) is 1.86. The fourth-order valence-corrected chi connectivity index (χ4v) is 6.45. The summed E-state index contributed by atoms with van der Waals surface area (Å²) in [5.74, 6) is 1.30. The lowest BCUT2D eigenvalue weighted by molar-refractivity contribution is 0.138. The van der Waals surface area contributed by atoms with Crippen molar-refractivity contribution in [3.63, 3.8) is 0 Å². The van der Waals surface area contributed by atoms with Gasteiger partial charge in [0.2, 0.25) is 0 Å². The molecule has 2 saturated heterocycles. The highest BCUT2D eigenvalue weighted by molar-refractivity contribution is 7.13. The van der Waals surface area contributed by atoms with E-state index >= 15 is 0 Å². The molecule has 2 aliphatic heterocycles. The van der Waals surface area contributed by atoms with Crippen LogP contribution in [0.3, 0.4) is 0 Å². The van der Waals surface area contributed by atoms with E-state index in [-0.39, 0.29) is 11.3 Å².